The first-order valence-electron chi connectivity index (χ1n) is 5.22. The summed E-state index contributed by atoms with van der Waals surface area (Å²) in [6, 6.07) is 3.85. The van der Waals surface area contributed by atoms with Crippen LogP contribution in [0.1, 0.15) is 12.8 Å². The second-order valence-corrected chi connectivity index (χ2v) is 3.80. The molecule has 1 fully saturated rings. The molecule has 4 nitrogen and oxygen atoms in total. The van der Waals surface area contributed by atoms with Crippen LogP contribution in [0.3, 0.4) is 0 Å². The van der Waals surface area contributed by atoms with E-state index < -0.39 is 0 Å². The fourth-order valence-electron chi connectivity index (χ4n) is 1.90. The minimum absolute atomic E-state index is 0.210. The van der Waals surface area contributed by atoms with E-state index in [-0.39, 0.29) is 6.10 Å². The lowest BCUT2D eigenvalue weighted by atomic mass is 10.1. The Kier molecular flexibility index (Phi) is 3.06. The van der Waals surface area contributed by atoms with Crippen molar-refractivity contribution >= 4 is 5.69 Å². The number of pyridine rings is 1. The zero-order valence-corrected chi connectivity index (χ0v) is 8.89. The van der Waals surface area contributed by atoms with Crippen molar-refractivity contribution in [2.45, 2.75) is 18.9 Å². The highest BCUT2D eigenvalue weighted by Gasteiger charge is 2.18. The van der Waals surface area contributed by atoms with Crippen molar-refractivity contribution in [1.82, 2.24) is 4.98 Å². The predicted octanol–water partition coefficient (Wildman–Crippen LogP) is 1.05. The molecule has 1 atom stereocenters. The minimum atomic E-state index is -0.210. The minimum Gasteiger partial charge on any atom is -0.481 e. The van der Waals surface area contributed by atoms with Gasteiger partial charge in [-0.25, -0.2) is 4.98 Å². The van der Waals surface area contributed by atoms with E-state index in [2.05, 4.69) is 9.88 Å². The van der Waals surface area contributed by atoms with Crippen LogP contribution in [0.25, 0.3) is 0 Å². The van der Waals surface area contributed by atoms with Crippen LogP contribution >= 0.6 is 0 Å². The largest absolute Gasteiger partial charge is 0.481 e. The number of aliphatic hydroxyl groups excluding tert-OH is 1. The average Bonchev–Trinajstić information content (AvgIpc) is 2.29. The van der Waals surface area contributed by atoms with Crippen LogP contribution in [0.5, 0.6) is 5.88 Å². The molecule has 15 heavy (non-hydrogen) atoms. The molecule has 0 aliphatic carbocycles. The topological polar surface area (TPSA) is 45.6 Å². The van der Waals surface area contributed by atoms with Gasteiger partial charge in [0.05, 0.1) is 13.2 Å². The molecule has 1 aromatic heterocycles. The fraction of sp³-hybridized carbons (Fsp3) is 0.545. The zero-order chi connectivity index (χ0) is 10.7. The molecule has 1 aliphatic rings. The van der Waals surface area contributed by atoms with E-state index in [4.69, 9.17) is 4.74 Å². The molecule has 0 bridgehead atoms. The molecular formula is C11H16N2O2. The first kappa shape index (κ1) is 10.2. The van der Waals surface area contributed by atoms with Gasteiger partial charge in [0.2, 0.25) is 5.88 Å². The van der Waals surface area contributed by atoms with Gasteiger partial charge in [-0.3, -0.25) is 0 Å². The molecule has 2 heterocycles. The van der Waals surface area contributed by atoms with Crippen molar-refractivity contribution in [3.63, 3.8) is 0 Å². The van der Waals surface area contributed by atoms with Crippen LogP contribution in [0.2, 0.25) is 0 Å². The zero-order valence-electron chi connectivity index (χ0n) is 8.89. The van der Waals surface area contributed by atoms with Crippen LogP contribution in [0, 0.1) is 0 Å². The SMILES string of the molecule is COc1cc(N2CCC[C@H](O)C2)ccn1. The molecule has 1 N–H and O–H groups in total. The summed E-state index contributed by atoms with van der Waals surface area (Å²) in [6.07, 6.45) is 3.46. The van der Waals surface area contributed by atoms with E-state index in [9.17, 15) is 5.11 Å². The molecule has 0 radical (unpaired) electrons. The van der Waals surface area contributed by atoms with Gasteiger partial charge in [-0.2, -0.15) is 0 Å². The third kappa shape index (κ3) is 2.39. The number of hydrogen-bond donors (Lipinski definition) is 1. The van der Waals surface area contributed by atoms with Gasteiger partial charge in [0, 0.05) is 31.0 Å². The summed E-state index contributed by atoms with van der Waals surface area (Å²) in [5.74, 6) is 0.618. The Labute approximate surface area is 89.5 Å². The van der Waals surface area contributed by atoms with E-state index in [0.29, 0.717) is 12.4 Å². The molecule has 2 rings (SSSR count). The summed E-state index contributed by atoms with van der Waals surface area (Å²) >= 11 is 0. The van der Waals surface area contributed by atoms with Crippen LogP contribution in [0.15, 0.2) is 18.3 Å². The second kappa shape index (κ2) is 4.49. The van der Waals surface area contributed by atoms with E-state index >= 15 is 0 Å². The highest BCUT2D eigenvalue weighted by molar-refractivity contribution is 5.48. The quantitative estimate of drug-likeness (QED) is 0.789. The predicted molar refractivity (Wildman–Crippen MR) is 58.2 cm³/mol. The van der Waals surface area contributed by atoms with Gasteiger partial charge in [0.15, 0.2) is 0 Å². The Hall–Kier alpha value is -1.29. The normalized spacial score (nSPS) is 21.5. The highest BCUT2D eigenvalue weighted by atomic mass is 16.5. The molecular weight excluding hydrogens is 192 g/mol. The first-order valence-corrected chi connectivity index (χ1v) is 5.22. The number of ether oxygens (including phenoxy) is 1. The first-order chi connectivity index (χ1) is 7.29. The standard InChI is InChI=1S/C11H16N2O2/c1-15-11-7-9(4-5-12-11)13-6-2-3-10(14)8-13/h4-5,7,10,14H,2-3,6,8H2,1H3/t10-/m0/s1. The molecule has 0 aromatic carbocycles. The van der Waals surface area contributed by atoms with Gasteiger partial charge >= 0.3 is 0 Å². The molecule has 1 saturated heterocycles. The number of nitrogens with zero attached hydrogens (tertiary/aromatic N) is 2. The monoisotopic (exact) mass is 208 g/mol. The lowest BCUT2D eigenvalue weighted by Gasteiger charge is -2.31. The van der Waals surface area contributed by atoms with Crippen molar-refractivity contribution < 1.29 is 9.84 Å². The van der Waals surface area contributed by atoms with Crippen molar-refractivity contribution in [3.8, 4) is 5.88 Å². The number of aromatic nitrogens is 1. The van der Waals surface area contributed by atoms with Gasteiger partial charge in [0.25, 0.3) is 0 Å². The second-order valence-electron chi connectivity index (χ2n) is 3.80. The molecule has 1 aliphatic heterocycles. The van der Waals surface area contributed by atoms with Crippen LogP contribution < -0.4 is 9.64 Å². The number of anilines is 1. The number of β-amino-alcohol motifs (C(OH)–C–C–N with tert-alkyl or cyclic N) is 1. The maximum absolute atomic E-state index is 9.58. The summed E-state index contributed by atoms with van der Waals surface area (Å²) in [6.45, 7) is 1.69. The fourth-order valence-corrected chi connectivity index (χ4v) is 1.90. The van der Waals surface area contributed by atoms with Gasteiger partial charge in [-0.15, -0.1) is 0 Å². The molecule has 4 heteroatoms. The Morgan fingerprint density at radius 1 is 1.60 bits per heavy atom. The molecule has 82 valence electrons. The van der Waals surface area contributed by atoms with Crippen molar-refractivity contribution in [2.24, 2.45) is 0 Å². The molecule has 0 saturated carbocycles. The van der Waals surface area contributed by atoms with Crippen LogP contribution in [0.4, 0.5) is 5.69 Å². The smallest absolute Gasteiger partial charge is 0.214 e. The maximum atomic E-state index is 9.58. The van der Waals surface area contributed by atoms with Crippen molar-refractivity contribution in [3.05, 3.63) is 18.3 Å². The van der Waals surface area contributed by atoms with Crippen molar-refractivity contribution in [1.29, 1.82) is 0 Å². The highest BCUT2D eigenvalue weighted by Crippen LogP contribution is 2.22. The third-order valence-corrected chi connectivity index (χ3v) is 2.69. The number of aliphatic hydroxyl groups is 1. The maximum Gasteiger partial charge on any atom is 0.214 e. The third-order valence-electron chi connectivity index (χ3n) is 2.69. The summed E-state index contributed by atoms with van der Waals surface area (Å²) in [5, 5.41) is 9.58. The summed E-state index contributed by atoms with van der Waals surface area (Å²) in [7, 11) is 1.61. The van der Waals surface area contributed by atoms with Gasteiger partial charge in [-0.05, 0) is 18.9 Å². The number of rotatable bonds is 2. The molecule has 1 aromatic rings. The average molecular weight is 208 g/mol. The Morgan fingerprint density at radius 2 is 2.47 bits per heavy atom. The summed E-state index contributed by atoms with van der Waals surface area (Å²) in [5.41, 5.74) is 1.07. The number of methoxy groups -OCH3 is 1. The van der Waals surface area contributed by atoms with E-state index in [1.165, 1.54) is 0 Å². The summed E-state index contributed by atoms with van der Waals surface area (Å²) in [4.78, 5) is 6.23. The van der Waals surface area contributed by atoms with E-state index in [0.717, 1.165) is 25.1 Å². The summed E-state index contributed by atoms with van der Waals surface area (Å²) < 4.78 is 5.07. The van der Waals surface area contributed by atoms with Crippen LogP contribution in [-0.4, -0.2) is 36.4 Å². The number of hydrogen-bond acceptors (Lipinski definition) is 4. The molecule has 0 spiro atoms. The van der Waals surface area contributed by atoms with E-state index in [1.807, 2.05) is 12.1 Å². The number of piperidine rings is 1. The van der Waals surface area contributed by atoms with E-state index in [1.54, 1.807) is 13.3 Å². The van der Waals surface area contributed by atoms with Gasteiger partial charge < -0.3 is 14.7 Å². The van der Waals surface area contributed by atoms with Gasteiger partial charge in [-0.1, -0.05) is 0 Å². The lowest BCUT2D eigenvalue weighted by molar-refractivity contribution is 0.154. The lowest BCUT2D eigenvalue weighted by Crippen LogP contribution is -2.38. The van der Waals surface area contributed by atoms with Crippen molar-refractivity contribution in [2.75, 3.05) is 25.1 Å². The molecule has 0 amide bonds. The Bertz CT molecular complexity index is 330. The molecule has 0 unspecified atom stereocenters. The Morgan fingerprint density at radius 3 is 3.20 bits per heavy atom. The Balaban J connectivity index is 2.13. The van der Waals surface area contributed by atoms with Crippen LogP contribution in [-0.2, 0) is 0 Å². The van der Waals surface area contributed by atoms with Gasteiger partial charge in [0.1, 0.15) is 0 Å².